The van der Waals surface area contributed by atoms with Crippen molar-refractivity contribution in [2.24, 2.45) is 0 Å². The fourth-order valence-electron chi connectivity index (χ4n) is 3.18. The number of rotatable bonds is 11. The second-order valence-corrected chi connectivity index (χ2v) is 7.43. The summed E-state index contributed by atoms with van der Waals surface area (Å²) in [5, 5.41) is 11.5. The molecule has 1 N–H and O–H groups in total. The lowest BCUT2D eigenvalue weighted by molar-refractivity contribution is -0.123. The fourth-order valence-corrected chi connectivity index (χ4v) is 3.18. The van der Waals surface area contributed by atoms with Crippen molar-refractivity contribution in [1.82, 2.24) is 10.3 Å². The first-order valence-electron chi connectivity index (χ1n) is 10.2. The molecular formula is C21H26B3N3O3. The molecule has 0 aliphatic heterocycles. The Hall–Kier alpha value is -3.01. The largest absolute Gasteiger partial charge is 0.487 e. The summed E-state index contributed by atoms with van der Waals surface area (Å²) in [7, 11) is 4.42. The number of ketones is 1. The lowest BCUT2D eigenvalue weighted by atomic mass is 9.75. The Labute approximate surface area is 180 Å². The van der Waals surface area contributed by atoms with Crippen LogP contribution in [0.15, 0.2) is 36.7 Å². The number of aromatic nitrogens is 1. The summed E-state index contributed by atoms with van der Waals surface area (Å²) in [6.07, 6.45) is 5.96. The van der Waals surface area contributed by atoms with Crippen LogP contribution in [0, 0.1) is 18.2 Å². The molecule has 1 atom stereocenters. The zero-order valence-electron chi connectivity index (χ0n) is 17.9. The molecule has 0 aliphatic rings. The van der Waals surface area contributed by atoms with Crippen molar-refractivity contribution in [3.05, 3.63) is 47.8 Å². The number of benzene rings is 1. The van der Waals surface area contributed by atoms with Crippen LogP contribution in [0.5, 0.6) is 5.75 Å². The van der Waals surface area contributed by atoms with Gasteiger partial charge in [0.1, 0.15) is 28.0 Å². The molecule has 0 radical (unpaired) electrons. The second-order valence-electron chi connectivity index (χ2n) is 7.43. The number of hydrogen-bond acceptors (Lipinski definition) is 5. The van der Waals surface area contributed by atoms with Crippen LogP contribution in [0.3, 0.4) is 0 Å². The Morgan fingerprint density at radius 2 is 1.97 bits per heavy atom. The Morgan fingerprint density at radius 1 is 1.23 bits per heavy atom. The molecule has 1 aromatic carbocycles. The van der Waals surface area contributed by atoms with Gasteiger partial charge < -0.3 is 10.1 Å². The van der Waals surface area contributed by atoms with Crippen LogP contribution in [-0.2, 0) is 4.79 Å². The van der Waals surface area contributed by atoms with Gasteiger partial charge in [-0.1, -0.05) is 36.9 Å². The van der Waals surface area contributed by atoms with Gasteiger partial charge in [-0.05, 0) is 42.4 Å². The molecule has 0 saturated carbocycles. The fraction of sp³-hybridized carbons (Fsp3) is 0.333. The SMILES string of the molecule is Bc1ccc(C)c(B)c1OCC(=O)[C@H](CCCCBC#N)NC(=O)c1ccncc1. The molecule has 1 aromatic heterocycles. The minimum absolute atomic E-state index is 0.107. The highest BCUT2D eigenvalue weighted by Crippen LogP contribution is 2.09. The molecule has 2 rings (SSSR count). The monoisotopic (exact) mass is 401 g/mol. The maximum Gasteiger partial charge on any atom is 0.251 e. The zero-order chi connectivity index (χ0) is 21.9. The highest BCUT2D eigenvalue weighted by atomic mass is 16.5. The Balaban J connectivity index is 2.04. The van der Waals surface area contributed by atoms with E-state index in [-0.39, 0.29) is 18.3 Å². The van der Waals surface area contributed by atoms with Gasteiger partial charge in [-0.25, -0.2) is 5.26 Å². The number of carbonyl (C=O) groups excluding carboxylic acids is 2. The molecule has 6 nitrogen and oxygen atoms in total. The van der Waals surface area contributed by atoms with Crippen LogP contribution in [0.25, 0.3) is 0 Å². The second kappa shape index (κ2) is 11.9. The predicted molar refractivity (Wildman–Crippen MR) is 125 cm³/mol. The third kappa shape index (κ3) is 6.80. The number of nitrogens with zero attached hydrogens (tertiary/aromatic N) is 2. The summed E-state index contributed by atoms with van der Waals surface area (Å²) in [6.45, 7) is 1.90. The van der Waals surface area contributed by atoms with Gasteiger partial charge in [0, 0.05) is 18.0 Å². The molecule has 9 heteroatoms. The molecule has 0 aliphatic carbocycles. The number of nitrogens with one attached hydrogen (secondary N) is 1. The van der Waals surface area contributed by atoms with E-state index in [0.717, 1.165) is 41.4 Å². The number of nitriles is 1. The zero-order valence-corrected chi connectivity index (χ0v) is 17.9. The first-order chi connectivity index (χ1) is 14.4. The van der Waals surface area contributed by atoms with Crippen molar-refractivity contribution in [2.75, 3.05) is 6.61 Å². The number of pyridine rings is 1. The van der Waals surface area contributed by atoms with Crippen molar-refractivity contribution in [3.63, 3.8) is 0 Å². The number of amides is 1. The Kier molecular flexibility index (Phi) is 9.21. The number of aryl methyl sites for hydroxylation is 1. The first-order valence-corrected chi connectivity index (χ1v) is 10.2. The van der Waals surface area contributed by atoms with Gasteiger partial charge in [0.15, 0.2) is 5.78 Å². The van der Waals surface area contributed by atoms with Gasteiger partial charge in [0.2, 0.25) is 7.28 Å². The van der Waals surface area contributed by atoms with E-state index in [4.69, 9.17) is 10.00 Å². The van der Waals surface area contributed by atoms with E-state index in [1.165, 1.54) is 0 Å². The van der Waals surface area contributed by atoms with Crippen LogP contribution in [-0.4, -0.2) is 52.3 Å². The summed E-state index contributed by atoms with van der Waals surface area (Å²) < 4.78 is 5.87. The number of carbonyl (C=O) groups is 2. The number of Topliss-reactive ketones (excluding diaryl/α,β-unsaturated/α-hetero) is 1. The van der Waals surface area contributed by atoms with Crippen LogP contribution < -0.4 is 21.0 Å². The van der Waals surface area contributed by atoms with Crippen molar-refractivity contribution in [1.29, 1.82) is 5.26 Å². The molecule has 30 heavy (non-hydrogen) atoms. The van der Waals surface area contributed by atoms with Gasteiger partial charge in [-0.3, -0.25) is 14.6 Å². The Morgan fingerprint density at radius 3 is 2.67 bits per heavy atom. The maximum atomic E-state index is 12.9. The number of hydrogen-bond donors (Lipinski definition) is 1. The molecule has 0 unspecified atom stereocenters. The highest BCUT2D eigenvalue weighted by Gasteiger charge is 2.22. The summed E-state index contributed by atoms with van der Waals surface area (Å²) in [5.41, 5.74) is 3.54. The van der Waals surface area contributed by atoms with Crippen molar-refractivity contribution in [3.8, 4) is 11.7 Å². The van der Waals surface area contributed by atoms with E-state index in [2.05, 4.69) is 16.3 Å². The number of ether oxygens (including phenoxy) is 1. The van der Waals surface area contributed by atoms with Crippen LogP contribution >= 0.6 is 0 Å². The highest BCUT2D eigenvalue weighted by molar-refractivity contribution is 6.45. The third-order valence-electron chi connectivity index (χ3n) is 5.15. The molecular weight excluding hydrogens is 375 g/mol. The normalized spacial score (nSPS) is 11.2. The molecule has 1 amide bonds. The van der Waals surface area contributed by atoms with E-state index >= 15 is 0 Å². The van der Waals surface area contributed by atoms with E-state index in [1.54, 1.807) is 24.5 Å². The quantitative estimate of drug-likeness (QED) is 0.392. The summed E-state index contributed by atoms with van der Waals surface area (Å²) in [5.74, 6) is 2.36. The van der Waals surface area contributed by atoms with Crippen molar-refractivity contribution >= 4 is 45.6 Å². The molecule has 1 heterocycles. The van der Waals surface area contributed by atoms with E-state index in [9.17, 15) is 9.59 Å². The van der Waals surface area contributed by atoms with Crippen LogP contribution in [0.4, 0.5) is 0 Å². The topological polar surface area (TPSA) is 92.1 Å². The summed E-state index contributed by atoms with van der Waals surface area (Å²) in [4.78, 5) is 29.4. The van der Waals surface area contributed by atoms with Gasteiger partial charge in [-0.15, -0.1) is 0 Å². The molecule has 152 valence electrons. The van der Waals surface area contributed by atoms with E-state index in [0.29, 0.717) is 19.3 Å². The standard InChI is InChI=1S/C21H26B3N3O3/c1-14-5-6-16(22)20(19(14)23)30-12-18(28)17(4-2-3-9-24-13-25)27-21(29)15-7-10-26-11-8-15/h5-8,10-11,17,24H,2-4,9,12,22-23H2,1H3,(H,27,29)/t17-/m0/s1. The minimum atomic E-state index is -0.641. The van der Waals surface area contributed by atoms with Crippen LogP contribution in [0.1, 0.15) is 35.2 Å². The summed E-state index contributed by atoms with van der Waals surface area (Å²) in [6, 6.07) is 6.58. The third-order valence-corrected chi connectivity index (χ3v) is 5.15. The lowest BCUT2D eigenvalue weighted by Crippen LogP contribution is -2.43. The average Bonchev–Trinajstić information content (AvgIpc) is 2.75. The smallest absolute Gasteiger partial charge is 0.251 e. The van der Waals surface area contributed by atoms with Gasteiger partial charge in [0.25, 0.3) is 5.91 Å². The first kappa shape index (κ1) is 23.3. The van der Waals surface area contributed by atoms with Gasteiger partial charge in [-0.2, -0.15) is 0 Å². The molecule has 0 spiro atoms. The van der Waals surface area contributed by atoms with Gasteiger partial charge in [0.05, 0.1) is 6.04 Å². The van der Waals surface area contributed by atoms with Crippen LogP contribution in [0.2, 0.25) is 6.32 Å². The maximum absolute atomic E-state index is 12.9. The molecule has 0 bridgehead atoms. The lowest BCUT2D eigenvalue weighted by Gasteiger charge is -2.19. The molecule has 0 saturated heterocycles. The predicted octanol–water partition coefficient (Wildman–Crippen LogP) is -0.840. The minimum Gasteiger partial charge on any atom is -0.487 e. The number of unbranched alkanes of at least 4 members (excludes halogenated alkanes) is 1. The summed E-state index contributed by atoms with van der Waals surface area (Å²) >= 11 is 0. The van der Waals surface area contributed by atoms with Gasteiger partial charge >= 0.3 is 0 Å². The Bertz CT molecular complexity index is 917. The molecule has 2 aromatic rings. The molecule has 0 fully saturated rings. The van der Waals surface area contributed by atoms with Crippen molar-refractivity contribution < 1.29 is 14.3 Å². The average molecular weight is 401 g/mol. The van der Waals surface area contributed by atoms with E-state index < -0.39 is 6.04 Å². The van der Waals surface area contributed by atoms with E-state index in [1.807, 2.05) is 34.7 Å². The van der Waals surface area contributed by atoms with Crippen molar-refractivity contribution in [2.45, 2.75) is 38.5 Å².